The van der Waals surface area contributed by atoms with Gasteiger partial charge < -0.3 is 9.80 Å². The molecule has 0 saturated carbocycles. The Morgan fingerprint density at radius 1 is 1.16 bits per heavy atom. The van der Waals surface area contributed by atoms with Gasteiger partial charge in [-0.25, -0.2) is 0 Å². The maximum Gasteiger partial charge on any atom is 0.222 e. The summed E-state index contributed by atoms with van der Waals surface area (Å²) < 4.78 is 1.79. The number of aromatic amines is 1. The molecule has 2 aliphatic rings. The zero-order valence-electron chi connectivity index (χ0n) is 18.1. The van der Waals surface area contributed by atoms with Crippen LogP contribution < -0.4 is 4.90 Å². The number of aromatic nitrogens is 4. The monoisotopic (exact) mass is 418 g/mol. The zero-order valence-corrected chi connectivity index (χ0v) is 18.1. The van der Waals surface area contributed by atoms with Crippen molar-refractivity contribution in [1.82, 2.24) is 24.9 Å². The minimum Gasteiger partial charge on any atom is -0.371 e. The molecule has 7 nitrogen and oxygen atoms in total. The number of likely N-dealkylation sites (tertiary alicyclic amines) is 1. The molecule has 4 heterocycles. The summed E-state index contributed by atoms with van der Waals surface area (Å²) in [4.78, 5) is 17.2. The number of hydrogen-bond donors (Lipinski definition) is 1. The average molecular weight is 419 g/mol. The molecule has 1 N–H and O–H groups in total. The summed E-state index contributed by atoms with van der Waals surface area (Å²) >= 11 is 0. The van der Waals surface area contributed by atoms with Gasteiger partial charge in [-0.3, -0.25) is 14.6 Å². The number of rotatable bonds is 6. The van der Waals surface area contributed by atoms with Gasteiger partial charge in [-0.2, -0.15) is 10.2 Å². The van der Waals surface area contributed by atoms with Crippen LogP contribution in [0.3, 0.4) is 0 Å². The molecule has 7 heteroatoms. The number of carbonyl (C=O) groups is 1. The van der Waals surface area contributed by atoms with E-state index in [0.29, 0.717) is 12.3 Å². The van der Waals surface area contributed by atoms with E-state index in [1.54, 1.807) is 4.68 Å². The van der Waals surface area contributed by atoms with E-state index in [-0.39, 0.29) is 5.91 Å². The molecule has 1 amide bonds. The molecule has 0 aliphatic carbocycles. The van der Waals surface area contributed by atoms with Crippen LogP contribution in [0.5, 0.6) is 0 Å². The highest BCUT2D eigenvalue weighted by molar-refractivity contribution is 5.76. The molecule has 0 radical (unpaired) electrons. The van der Waals surface area contributed by atoms with Crippen LogP contribution in [0.1, 0.15) is 30.5 Å². The number of aryl methyl sites for hydroxylation is 2. The van der Waals surface area contributed by atoms with E-state index in [0.717, 1.165) is 63.1 Å². The van der Waals surface area contributed by atoms with E-state index in [9.17, 15) is 4.79 Å². The van der Waals surface area contributed by atoms with Crippen LogP contribution in [0.15, 0.2) is 42.9 Å². The summed E-state index contributed by atoms with van der Waals surface area (Å²) in [7, 11) is 1.91. The molecule has 0 bridgehead atoms. The molecule has 162 valence electrons. The van der Waals surface area contributed by atoms with Crippen molar-refractivity contribution < 1.29 is 4.79 Å². The normalized spacial score (nSPS) is 16.7. The molecule has 1 fully saturated rings. The quantitative estimate of drug-likeness (QED) is 0.668. The SMILES string of the molecule is Cn1ccc(CCC(=O)N2CCC(CN3CCc4cc(-c5cn[nH]c5)ccc43)CC2)n1. The van der Waals surface area contributed by atoms with Crippen LogP contribution in [-0.4, -0.2) is 57.0 Å². The highest BCUT2D eigenvalue weighted by atomic mass is 16.2. The largest absolute Gasteiger partial charge is 0.371 e. The molecule has 2 aromatic heterocycles. The van der Waals surface area contributed by atoms with Gasteiger partial charge in [-0.1, -0.05) is 6.07 Å². The molecular weight excluding hydrogens is 388 g/mol. The number of amides is 1. The number of benzene rings is 1. The molecule has 5 rings (SSSR count). The molecule has 0 atom stereocenters. The van der Waals surface area contributed by atoms with Crippen LogP contribution in [0.25, 0.3) is 11.1 Å². The maximum absolute atomic E-state index is 12.6. The molecule has 1 aromatic carbocycles. The first-order valence-electron chi connectivity index (χ1n) is 11.3. The minimum absolute atomic E-state index is 0.266. The second kappa shape index (κ2) is 8.57. The average Bonchev–Trinajstić information content (AvgIpc) is 3.54. The molecule has 31 heavy (non-hydrogen) atoms. The Kier molecular flexibility index (Phi) is 5.49. The Morgan fingerprint density at radius 3 is 2.77 bits per heavy atom. The smallest absolute Gasteiger partial charge is 0.222 e. The molecule has 1 saturated heterocycles. The van der Waals surface area contributed by atoms with Crippen molar-refractivity contribution >= 4 is 11.6 Å². The van der Waals surface area contributed by atoms with Crippen molar-refractivity contribution in [3.05, 3.63) is 54.1 Å². The summed E-state index contributed by atoms with van der Waals surface area (Å²) in [5, 5.41) is 11.3. The Balaban J connectivity index is 1.12. The summed E-state index contributed by atoms with van der Waals surface area (Å²) in [6.45, 7) is 3.94. The first-order valence-corrected chi connectivity index (χ1v) is 11.3. The maximum atomic E-state index is 12.6. The lowest BCUT2D eigenvalue weighted by atomic mass is 9.95. The van der Waals surface area contributed by atoms with Crippen LogP contribution in [0.4, 0.5) is 5.69 Å². The van der Waals surface area contributed by atoms with Gasteiger partial charge >= 0.3 is 0 Å². The Morgan fingerprint density at radius 2 is 2.03 bits per heavy atom. The second-order valence-corrected chi connectivity index (χ2v) is 8.83. The highest BCUT2D eigenvalue weighted by Crippen LogP contribution is 2.33. The third-order valence-electron chi connectivity index (χ3n) is 6.71. The van der Waals surface area contributed by atoms with Crippen molar-refractivity contribution in [2.45, 2.75) is 32.1 Å². The van der Waals surface area contributed by atoms with Gasteiger partial charge in [-0.15, -0.1) is 0 Å². The Hall–Kier alpha value is -3.09. The zero-order chi connectivity index (χ0) is 21.2. The van der Waals surface area contributed by atoms with Crippen LogP contribution >= 0.6 is 0 Å². The lowest BCUT2D eigenvalue weighted by molar-refractivity contribution is -0.132. The minimum atomic E-state index is 0.266. The Bertz CT molecular complexity index is 1030. The van der Waals surface area contributed by atoms with Gasteiger partial charge in [0, 0.05) is 69.7 Å². The highest BCUT2D eigenvalue weighted by Gasteiger charge is 2.27. The number of hydrogen-bond acceptors (Lipinski definition) is 4. The van der Waals surface area contributed by atoms with Crippen LogP contribution in [0.2, 0.25) is 0 Å². The molecule has 0 unspecified atom stereocenters. The van der Waals surface area contributed by atoms with Crippen LogP contribution in [-0.2, 0) is 24.7 Å². The number of H-pyrrole nitrogens is 1. The summed E-state index contributed by atoms with van der Waals surface area (Å²) in [5.74, 6) is 0.918. The summed E-state index contributed by atoms with van der Waals surface area (Å²) in [5.41, 5.74) is 6.17. The van der Waals surface area contributed by atoms with E-state index in [4.69, 9.17) is 0 Å². The van der Waals surface area contributed by atoms with Crippen molar-refractivity contribution in [3.63, 3.8) is 0 Å². The summed E-state index contributed by atoms with van der Waals surface area (Å²) in [6.07, 6.45) is 10.3. The van der Waals surface area contributed by atoms with Gasteiger partial charge in [-0.05, 0) is 54.5 Å². The Labute approximate surface area is 183 Å². The number of carbonyl (C=O) groups excluding carboxylic acids is 1. The predicted octanol–water partition coefficient (Wildman–Crippen LogP) is 3.04. The van der Waals surface area contributed by atoms with Gasteiger partial charge in [0.15, 0.2) is 0 Å². The second-order valence-electron chi connectivity index (χ2n) is 8.83. The fourth-order valence-corrected chi connectivity index (χ4v) is 4.91. The van der Waals surface area contributed by atoms with E-state index < -0.39 is 0 Å². The van der Waals surface area contributed by atoms with E-state index in [1.165, 1.54) is 16.8 Å². The number of nitrogens with one attached hydrogen (secondary N) is 1. The molecular formula is C24H30N6O. The lowest BCUT2D eigenvalue weighted by Crippen LogP contribution is -2.41. The number of fused-ring (bicyclic) bond motifs is 1. The van der Waals surface area contributed by atoms with E-state index in [1.807, 2.05) is 31.7 Å². The number of anilines is 1. The van der Waals surface area contributed by atoms with Crippen molar-refractivity contribution in [2.24, 2.45) is 13.0 Å². The van der Waals surface area contributed by atoms with Gasteiger partial charge in [0.2, 0.25) is 5.91 Å². The van der Waals surface area contributed by atoms with E-state index >= 15 is 0 Å². The van der Waals surface area contributed by atoms with Crippen molar-refractivity contribution in [1.29, 1.82) is 0 Å². The molecule has 0 spiro atoms. The van der Waals surface area contributed by atoms with Crippen LogP contribution in [0, 0.1) is 5.92 Å². The first-order chi connectivity index (χ1) is 15.2. The van der Waals surface area contributed by atoms with Crippen molar-refractivity contribution in [2.75, 3.05) is 31.1 Å². The standard InChI is InChI=1S/C24H30N6O/c1-28-10-9-22(27-28)3-5-24(31)29-11-6-18(7-12-29)17-30-13-8-20-14-19(2-4-23(20)30)21-15-25-26-16-21/h2,4,9-10,14-16,18H,3,5-8,11-13,17H2,1H3,(H,25,26). The third-order valence-corrected chi connectivity index (χ3v) is 6.71. The van der Waals surface area contributed by atoms with E-state index in [2.05, 4.69) is 43.3 Å². The van der Waals surface area contributed by atoms with Gasteiger partial charge in [0.25, 0.3) is 0 Å². The van der Waals surface area contributed by atoms with Gasteiger partial charge in [0.1, 0.15) is 0 Å². The number of piperidine rings is 1. The fraction of sp³-hybridized carbons (Fsp3) is 0.458. The van der Waals surface area contributed by atoms with Crippen molar-refractivity contribution in [3.8, 4) is 11.1 Å². The molecule has 2 aliphatic heterocycles. The summed E-state index contributed by atoms with van der Waals surface area (Å²) in [6, 6.07) is 8.76. The van der Waals surface area contributed by atoms with Gasteiger partial charge in [0.05, 0.1) is 11.9 Å². The molecule has 3 aromatic rings. The fourth-order valence-electron chi connectivity index (χ4n) is 4.91. The topological polar surface area (TPSA) is 70.1 Å². The third kappa shape index (κ3) is 4.36. The first kappa shape index (κ1) is 19.8. The lowest BCUT2D eigenvalue weighted by Gasteiger charge is -2.34. The predicted molar refractivity (Wildman–Crippen MR) is 121 cm³/mol. The number of nitrogens with zero attached hydrogens (tertiary/aromatic N) is 5.